The molecule has 0 aliphatic rings. The first kappa shape index (κ1) is 13.5. The molecule has 0 bridgehead atoms. The molecule has 0 N–H and O–H groups in total. The fraction of sp³-hybridized carbons (Fsp3) is 0.0667. The molecular formula is C15H10BrFN2S. The lowest BCUT2D eigenvalue weighted by atomic mass is 10.2. The van der Waals surface area contributed by atoms with Crippen LogP contribution in [-0.2, 0) is 5.75 Å². The lowest BCUT2D eigenvalue weighted by molar-refractivity contribution is 0.620. The maximum atomic E-state index is 13.2. The van der Waals surface area contributed by atoms with Crippen LogP contribution in [0.3, 0.4) is 0 Å². The van der Waals surface area contributed by atoms with E-state index in [9.17, 15) is 4.39 Å². The highest BCUT2D eigenvalue weighted by atomic mass is 79.9. The van der Waals surface area contributed by atoms with Crippen LogP contribution in [0.25, 0.3) is 10.9 Å². The molecule has 0 radical (unpaired) electrons. The number of aromatic nitrogens is 2. The van der Waals surface area contributed by atoms with Crippen LogP contribution in [0.2, 0.25) is 0 Å². The van der Waals surface area contributed by atoms with Gasteiger partial charge in [-0.3, -0.25) is 0 Å². The molecule has 0 spiro atoms. The summed E-state index contributed by atoms with van der Waals surface area (Å²) in [5.74, 6) is 0.492. The third-order valence-electron chi connectivity index (χ3n) is 2.87. The maximum Gasteiger partial charge on any atom is 0.137 e. The van der Waals surface area contributed by atoms with E-state index in [4.69, 9.17) is 0 Å². The van der Waals surface area contributed by atoms with Crippen molar-refractivity contribution in [3.8, 4) is 0 Å². The van der Waals surface area contributed by atoms with Crippen LogP contribution in [0.15, 0.2) is 58.3 Å². The number of rotatable bonds is 3. The molecule has 0 aliphatic heterocycles. The molecule has 20 heavy (non-hydrogen) atoms. The van der Waals surface area contributed by atoms with E-state index in [1.54, 1.807) is 30.2 Å². The molecule has 2 nitrogen and oxygen atoms in total. The predicted octanol–water partition coefficient (Wildman–Crippen LogP) is 4.82. The largest absolute Gasteiger partial charge is 0.236 e. The van der Waals surface area contributed by atoms with Crippen LogP contribution >= 0.6 is 27.7 Å². The Kier molecular flexibility index (Phi) is 3.98. The van der Waals surface area contributed by atoms with Gasteiger partial charge >= 0.3 is 0 Å². The van der Waals surface area contributed by atoms with Gasteiger partial charge in [0.1, 0.15) is 17.2 Å². The van der Waals surface area contributed by atoms with Crippen LogP contribution in [0.4, 0.5) is 4.39 Å². The first-order valence-corrected chi connectivity index (χ1v) is 7.78. The Bertz CT molecular complexity index is 758. The van der Waals surface area contributed by atoms with Gasteiger partial charge in [-0.25, -0.2) is 14.4 Å². The second-order valence-electron chi connectivity index (χ2n) is 4.23. The first-order chi connectivity index (χ1) is 9.74. The highest BCUT2D eigenvalue weighted by Gasteiger charge is 2.05. The smallest absolute Gasteiger partial charge is 0.137 e. The first-order valence-electron chi connectivity index (χ1n) is 6.00. The summed E-state index contributed by atoms with van der Waals surface area (Å²) in [5, 5.41) is 1.98. The number of halogens is 2. The molecule has 0 aliphatic carbocycles. The van der Waals surface area contributed by atoms with E-state index in [-0.39, 0.29) is 5.82 Å². The van der Waals surface area contributed by atoms with E-state index in [0.717, 1.165) is 27.2 Å². The second-order valence-corrected chi connectivity index (χ2v) is 6.05. The van der Waals surface area contributed by atoms with E-state index >= 15 is 0 Å². The topological polar surface area (TPSA) is 25.8 Å². The van der Waals surface area contributed by atoms with Gasteiger partial charge in [-0.2, -0.15) is 0 Å². The molecule has 1 aromatic heterocycles. The Balaban J connectivity index is 1.85. The Morgan fingerprint density at radius 1 is 1.10 bits per heavy atom. The van der Waals surface area contributed by atoms with Gasteiger partial charge in [0.05, 0.1) is 9.99 Å². The van der Waals surface area contributed by atoms with Crippen LogP contribution in [0.1, 0.15) is 5.56 Å². The van der Waals surface area contributed by atoms with Crippen molar-refractivity contribution in [1.82, 2.24) is 9.97 Å². The maximum absolute atomic E-state index is 13.2. The van der Waals surface area contributed by atoms with Crippen molar-refractivity contribution >= 4 is 38.6 Å². The van der Waals surface area contributed by atoms with E-state index in [1.807, 2.05) is 24.3 Å². The Labute approximate surface area is 128 Å². The molecule has 0 atom stereocenters. The monoisotopic (exact) mass is 348 g/mol. The summed E-state index contributed by atoms with van der Waals surface area (Å²) in [7, 11) is 0. The van der Waals surface area contributed by atoms with Gasteiger partial charge in [0, 0.05) is 11.1 Å². The fourth-order valence-electron chi connectivity index (χ4n) is 1.88. The molecular weight excluding hydrogens is 339 g/mol. The third-order valence-corrected chi connectivity index (χ3v) is 4.55. The van der Waals surface area contributed by atoms with Gasteiger partial charge in [0.25, 0.3) is 0 Å². The van der Waals surface area contributed by atoms with Gasteiger partial charge in [0.2, 0.25) is 0 Å². The molecule has 0 saturated carbocycles. The van der Waals surface area contributed by atoms with Gasteiger partial charge < -0.3 is 0 Å². The van der Waals surface area contributed by atoms with Crippen LogP contribution in [0, 0.1) is 5.82 Å². The normalized spacial score (nSPS) is 10.9. The fourth-order valence-corrected chi connectivity index (χ4v) is 3.24. The molecule has 100 valence electrons. The number of thioether (sulfide) groups is 1. The minimum absolute atomic E-state index is 0.244. The summed E-state index contributed by atoms with van der Waals surface area (Å²) in [4.78, 5) is 8.57. The van der Waals surface area contributed by atoms with Crippen molar-refractivity contribution in [1.29, 1.82) is 0 Å². The molecule has 2 aromatic carbocycles. The predicted molar refractivity (Wildman–Crippen MR) is 83.2 cm³/mol. The molecule has 3 rings (SSSR count). The highest BCUT2D eigenvalue weighted by Crippen LogP contribution is 2.28. The summed E-state index contributed by atoms with van der Waals surface area (Å²) in [6, 6.07) is 13.0. The van der Waals surface area contributed by atoms with Crippen LogP contribution in [0.5, 0.6) is 0 Å². The molecule has 0 unspecified atom stereocenters. The zero-order valence-corrected chi connectivity index (χ0v) is 12.8. The summed E-state index contributed by atoms with van der Waals surface area (Å²) in [6.45, 7) is 0. The van der Waals surface area contributed by atoms with Crippen molar-refractivity contribution in [3.05, 3.63) is 64.6 Å². The van der Waals surface area contributed by atoms with Gasteiger partial charge in [-0.15, -0.1) is 11.8 Å². The number of benzene rings is 2. The van der Waals surface area contributed by atoms with Gasteiger partial charge in [-0.05, 0) is 39.7 Å². The lowest BCUT2D eigenvalue weighted by Gasteiger charge is -2.05. The Morgan fingerprint density at radius 3 is 2.80 bits per heavy atom. The number of para-hydroxylation sites is 1. The van der Waals surface area contributed by atoms with Crippen molar-refractivity contribution in [2.45, 2.75) is 10.8 Å². The lowest BCUT2D eigenvalue weighted by Crippen LogP contribution is -1.88. The van der Waals surface area contributed by atoms with Crippen LogP contribution < -0.4 is 0 Å². The van der Waals surface area contributed by atoms with Gasteiger partial charge in [0.15, 0.2) is 0 Å². The number of fused-ring (bicyclic) bond motifs is 1. The number of hydrogen-bond acceptors (Lipinski definition) is 3. The van der Waals surface area contributed by atoms with Crippen molar-refractivity contribution in [2.75, 3.05) is 0 Å². The molecule has 1 heterocycles. The van der Waals surface area contributed by atoms with E-state index in [2.05, 4.69) is 25.9 Å². The van der Waals surface area contributed by atoms with Crippen molar-refractivity contribution in [3.63, 3.8) is 0 Å². The van der Waals surface area contributed by atoms with Crippen LogP contribution in [-0.4, -0.2) is 9.97 Å². The standard InChI is InChI=1S/C15H10BrFN2S/c16-12-7-10(5-6-13(12)17)8-20-15-11-3-1-2-4-14(11)18-9-19-15/h1-7,9H,8H2. The second kappa shape index (κ2) is 5.89. The number of nitrogens with zero attached hydrogens (tertiary/aromatic N) is 2. The summed E-state index contributed by atoms with van der Waals surface area (Å²) < 4.78 is 13.7. The average Bonchev–Trinajstić information content (AvgIpc) is 2.48. The number of hydrogen-bond donors (Lipinski definition) is 0. The zero-order valence-electron chi connectivity index (χ0n) is 10.4. The summed E-state index contributed by atoms with van der Waals surface area (Å²) >= 11 is 4.83. The summed E-state index contributed by atoms with van der Waals surface area (Å²) in [5.41, 5.74) is 1.98. The summed E-state index contributed by atoms with van der Waals surface area (Å²) in [6.07, 6.45) is 1.57. The molecule has 0 saturated heterocycles. The Hall–Kier alpha value is -1.46. The van der Waals surface area contributed by atoms with E-state index in [0.29, 0.717) is 4.47 Å². The third kappa shape index (κ3) is 2.83. The molecule has 3 aromatic rings. The van der Waals surface area contributed by atoms with Crippen molar-refractivity contribution < 1.29 is 4.39 Å². The zero-order chi connectivity index (χ0) is 13.9. The average molecular weight is 349 g/mol. The highest BCUT2D eigenvalue weighted by molar-refractivity contribution is 9.10. The van der Waals surface area contributed by atoms with E-state index in [1.165, 1.54) is 6.07 Å². The van der Waals surface area contributed by atoms with E-state index < -0.39 is 0 Å². The minimum atomic E-state index is -0.244. The molecule has 5 heteroatoms. The quantitative estimate of drug-likeness (QED) is 0.501. The van der Waals surface area contributed by atoms with Crippen molar-refractivity contribution in [2.24, 2.45) is 0 Å². The SMILES string of the molecule is Fc1ccc(CSc2ncnc3ccccc23)cc1Br. The molecule has 0 fully saturated rings. The molecule has 0 amide bonds. The minimum Gasteiger partial charge on any atom is -0.236 e. The van der Waals surface area contributed by atoms with Gasteiger partial charge in [-0.1, -0.05) is 24.3 Å². The Morgan fingerprint density at radius 2 is 1.95 bits per heavy atom.